The van der Waals surface area contributed by atoms with E-state index in [1.54, 1.807) is 18.3 Å². The standard InChI is InChI=1S/C9H6FN.C9H7N.2C2H6/c10-8-5-1-3-7-4-2-6-11-9(7)8;1-2-6-9-8(4-1)5-3-7-10-9;2*1-2/h1-6H;1-7H;2*1-2H3. The highest BCUT2D eigenvalue weighted by atomic mass is 19.1. The number of fused-ring (bicyclic) bond motifs is 2. The van der Waals surface area contributed by atoms with Crippen LogP contribution in [0, 0.1) is 5.82 Å². The molecule has 0 radical (unpaired) electrons. The molecule has 2 aromatic heterocycles. The Bertz CT molecular complexity index is 805. The normalized spacial score (nSPS) is 9.00. The van der Waals surface area contributed by atoms with E-state index in [0.29, 0.717) is 5.52 Å². The summed E-state index contributed by atoms with van der Waals surface area (Å²) in [5.74, 6) is -0.261. The minimum absolute atomic E-state index is 0.261. The van der Waals surface area contributed by atoms with Gasteiger partial charge < -0.3 is 0 Å². The Morgan fingerprint density at radius 1 is 0.600 bits per heavy atom. The SMILES string of the molecule is CC.CC.Fc1cccc2cccnc12.c1ccc2ncccc2c1. The lowest BCUT2D eigenvalue weighted by molar-refractivity contribution is 0.637. The van der Waals surface area contributed by atoms with E-state index in [4.69, 9.17) is 0 Å². The van der Waals surface area contributed by atoms with Crippen LogP contribution >= 0.6 is 0 Å². The van der Waals surface area contributed by atoms with Crippen LogP contribution < -0.4 is 0 Å². The van der Waals surface area contributed by atoms with Gasteiger partial charge in [0.15, 0.2) is 0 Å². The van der Waals surface area contributed by atoms with Gasteiger partial charge in [0.1, 0.15) is 11.3 Å². The van der Waals surface area contributed by atoms with Crippen LogP contribution in [0.5, 0.6) is 0 Å². The average molecular weight is 336 g/mol. The number of hydrogen-bond acceptors (Lipinski definition) is 2. The number of pyridine rings is 2. The lowest BCUT2D eigenvalue weighted by Crippen LogP contribution is -1.81. The molecule has 0 aliphatic rings. The Hall–Kier alpha value is -2.81. The monoisotopic (exact) mass is 336 g/mol. The lowest BCUT2D eigenvalue weighted by Gasteiger charge is -1.94. The third-order valence-corrected chi connectivity index (χ3v) is 3.10. The topological polar surface area (TPSA) is 25.8 Å². The Morgan fingerprint density at radius 2 is 1.16 bits per heavy atom. The van der Waals surface area contributed by atoms with Gasteiger partial charge in [0.05, 0.1) is 5.52 Å². The first-order valence-corrected chi connectivity index (χ1v) is 8.63. The molecule has 0 aliphatic carbocycles. The van der Waals surface area contributed by atoms with Crippen molar-refractivity contribution in [1.82, 2.24) is 9.97 Å². The van der Waals surface area contributed by atoms with Crippen LogP contribution in [0.25, 0.3) is 21.8 Å². The summed E-state index contributed by atoms with van der Waals surface area (Å²) >= 11 is 0. The molecule has 0 atom stereocenters. The van der Waals surface area contributed by atoms with Crippen LogP contribution in [-0.4, -0.2) is 9.97 Å². The fourth-order valence-electron chi connectivity index (χ4n) is 2.08. The molecule has 4 aromatic rings. The highest BCUT2D eigenvalue weighted by Gasteiger charge is 1.97. The summed E-state index contributed by atoms with van der Waals surface area (Å²) < 4.78 is 12.9. The maximum Gasteiger partial charge on any atom is 0.149 e. The molecule has 25 heavy (non-hydrogen) atoms. The Balaban J connectivity index is 0.000000210. The number of rotatable bonds is 0. The number of halogens is 1. The molecule has 130 valence electrons. The zero-order chi connectivity index (χ0) is 18.5. The van der Waals surface area contributed by atoms with Gasteiger partial charge in [-0.3, -0.25) is 9.97 Å². The van der Waals surface area contributed by atoms with Gasteiger partial charge in [0.2, 0.25) is 0 Å². The summed E-state index contributed by atoms with van der Waals surface area (Å²) in [4.78, 5) is 8.09. The fourth-order valence-corrected chi connectivity index (χ4v) is 2.08. The minimum Gasteiger partial charge on any atom is -0.256 e. The molecule has 4 rings (SSSR count). The fraction of sp³-hybridized carbons (Fsp3) is 0.182. The van der Waals surface area contributed by atoms with Crippen molar-refractivity contribution in [3.05, 3.63) is 84.9 Å². The molecule has 3 heteroatoms. The molecule has 2 aromatic carbocycles. The Kier molecular flexibility index (Phi) is 9.46. The molecule has 0 saturated heterocycles. The molecule has 2 nitrogen and oxygen atoms in total. The van der Waals surface area contributed by atoms with Crippen molar-refractivity contribution in [3.8, 4) is 0 Å². The second-order valence-electron chi connectivity index (χ2n) is 4.51. The zero-order valence-electron chi connectivity index (χ0n) is 15.3. The van der Waals surface area contributed by atoms with E-state index in [1.165, 1.54) is 11.5 Å². The van der Waals surface area contributed by atoms with E-state index in [9.17, 15) is 4.39 Å². The second-order valence-corrected chi connectivity index (χ2v) is 4.51. The molecule has 0 saturated carbocycles. The van der Waals surface area contributed by atoms with Gasteiger partial charge in [-0.05, 0) is 24.3 Å². The van der Waals surface area contributed by atoms with Gasteiger partial charge in [-0.25, -0.2) is 4.39 Å². The van der Waals surface area contributed by atoms with Gasteiger partial charge in [0.25, 0.3) is 0 Å². The summed E-state index contributed by atoms with van der Waals surface area (Å²) in [6.07, 6.45) is 3.40. The molecular weight excluding hydrogens is 311 g/mol. The smallest absolute Gasteiger partial charge is 0.149 e. The molecular formula is C22H25FN2. The van der Waals surface area contributed by atoms with Crippen LogP contribution in [0.15, 0.2) is 79.1 Å². The van der Waals surface area contributed by atoms with Crippen LogP contribution in [0.2, 0.25) is 0 Å². The summed E-state index contributed by atoms with van der Waals surface area (Å²) in [6.45, 7) is 8.00. The number of nitrogens with zero attached hydrogens (tertiary/aromatic N) is 2. The van der Waals surface area contributed by atoms with Gasteiger partial charge in [-0.1, -0.05) is 70.2 Å². The summed E-state index contributed by atoms with van der Waals surface area (Å²) in [5.41, 5.74) is 1.50. The van der Waals surface area contributed by atoms with E-state index in [2.05, 4.69) is 22.1 Å². The van der Waals surface area contributed by atoms with Gasteiger partial charge in [-0.2, -0.15) is 0 Å². The van der Waals surface area contributed by atoms with E-state index in [-0.39, 0.29) is 5.82 Å². The van der Waals surface area contributed by atoms with Crippen LogP contribution in [-0.2, 0) is 0 Å². The second kappa shape index (κ2) is 11.7. The molecule has 0 spiro atoms. The molecule has 0 aliphatic heterocycles. The summed E-state index contributed by atoms with van der Waals surface area (Å²) in [7, 11) is 0. The maximum atomic E-state index is 12.9. The third kappa shape index (κ3) is 5.96. The number of benzene rings is 2. The first-order chi connectivity index (χ1) is 12.3. The minimum atomic E-state index is -0.261. The molecule has 0 unspecified atom stereocenters. The van der Waals surface area contributed by atoms with Gasteiger partial charge >= 0.3 is 0 Å². The van der Waals surface area contributed by atoms with Crippen LogP contribution in [0.3, 0.4) is 0 Å². The maximum absolute atomic E-state index is 12.9. The average Bonchev–Trinajstić information content (AvgIpc) is 2.72. The van der Waals surface area contributed by atoms with Crippen molar-refractivity contribution >= 4 is 21.8 Å². The van der Waals surface area contributed by atoms with Crippen LogP contribution in [0.4, 0.5) is 4.39 Å². The summed E-state index contributed by atoms with van der Waals surface area (Å²) in [5, 5.41) is 2.04. The predicted molar refractivity (Wildman–Crippen MR) is 106 cm³/mol. The Morgan fingerprint density at radius 3 is 1.84 bits per heavy atom. The number of aromatic nitrogens is 2. The first kappa shape index (κ1) is 20.2. The van der Waals surface area contributed by atoms with Gasteiger partial charge in [0, 0.05) is 23.2 Å². The largest absolute Gasteiger partial charge is 0.256 e. The van der Waals surface area contributed by atoms with Crippen molar-refractivity contribution < 1.29 is 4.39 Å². The number of para-hydroxylation sites is 2. The zero-order valence-corrected chi connectivity index (χ0v) is 15.3. The van der Waals surface area contributed by atoms with Crippen molar-refractivity contribution in [2.75, 3.05) is 0 Å². The Labute approximate surface area is 149 Å². The van der Waals surface area contributed by atoms with Crippen molar-refractivity contribution in [2.24, 2.45) is 0 Å². The third-order valence-electron chi connectivity index (χ3n) is 3.10. The molecule has 0 N–H and O–H groups in total. The highest BCUT2D eigenvalue weighted by Crippen LogP contribution is 2.13. The number of hydrogen-bond donors (Lipinski definition) is 0. The molecule has 0 bridgehead atoms. The lowest BCUT2D eigenvalue weighted by atomic mass is 10.2. The van der Waals surface area contributed by atoms with Crippen molar-refractivity contribution in [3.63, 3.8) is 0 Å². The van der Waals surface area contributed by atoms with Gasteiger partial charge in [-0.15, -0.1) is 0 Å². The predicted octanol–water partition coefficient (Wildman–Crippen LogP) is 6.66. The first-order valence-electron chi connectivity index (χ1n) is 8.63. The van der Waals surface area contributed by atoms with E-state index < -0.39 is 0 Å². The van der Waals surface area contributed by atoms with E-state index in [0.717, 1.165) is 10.9 Å². The molecule has 0 fully saturated rings. The van der Waals surface area contributed by atoms with E-state index in [1.807, 2.05) is 70.3 Å². The van der Waals surface area contributed by atoms with Crippen molar-refractivity contribution in [2.45, 2.75) is 27.7 Å². The van der Waals surface area contributed by atoms with Crippen LogP contribution in [0.1, 0.15) is 27.7 Å². The molecule has 0 amide bonds. The molecule has 2 heterocycles. The van der Waals surface area contributed by atoms with Crippen molar-refractivity contribution in [1.29, 1.82) is 0 Å². The summed E-state index contributed by atoms with van der Waals surface area (Å²) in [6, 6.07) is 20.6. The van der Waals surface area contributed by atoms with E-state index >= 15 is 0 Å². The highest BCUT2D eigenvalue weighted by molar-refractivity contribution is 5.78. The quantitative estimate of drug-likeness (QED) is 0.359.